The number of carbonyl (C=O) groups excluding carboxylic acids is 1. The van der Waals surface area contributed by atoms with Crippen molar-refractivity contribution in [3.63, 3.8) is 0 Å². The maximum absolute atomic E-state index is 11.9. The quantitative estimate of drug-likeness (QED) is 0.896. The van der Waals surface area contributed by atoms with Crippen LogP contribution in [0.1, 0.15) is 17.9 Å². The zero-order valence-corrected chi connectivity index (χ0v) is 11.0. The van der Waals surface area contributed by atoms with E-state index in [9.17, 15) is 4.79 Å². The minimum absolute atomic E-state index is 0.00430. The largest absolute Gasteiger partial charge is 0.407 e. The predicted molar refractivity (Wildman–Crippen MR) is 73.1 cm³/mol. The van der Waals surface area contributed by atoms with E-state index in [2.05, 4.69) is 10.2 Å². The third kappa shape index (κ3) is 2.55. The third-order valence-corrected chi connectivity index (χ3v) is 3.42. The summed E-state index contributed by atoms with van der Waals surface area (Å²) in [6, 6.07) is 10.1. The summed E-state index contributed by atoms with van der Waals surface area (Å²) in [7, 11) is 0. The molecule has 1 atom stereocenters. The van der Waals surface area contributed by atoms with Crippen LogP contribution in [-0.2, 0) is 11.2 Å². The number of aromatic nitrogens is 2. The van der Waals surface area contributed by atoms with Crippen LogP contribution in [0.5, 0.6) is 0 Å². The molecule has 2 aromatic rings. The van der Waals surface area contributed by atoms with Crippen LogP contribution in [0.3, 0.4) is 0 Å². The van der Waals surface area contributed by atoms with Crippen LogP contribution in [0.2, 0.25) is 0 Å². The van der Waals surface area contributed by atoms with Gasteiger partial charge in [0, 0.05) is 13.0 Å². The Morgan fingerprint density at radius 2 is 2.10 bits per heavy atom. The van der Waals surface area contributed by atoms with E-state index in [1.165, 1.54) is 4.90 Å². The molecule has 0 spiro atoms. The van der Waals surface area contributed by atoms with Gasteiger partial charge in [0.05, 0.1) is 6.42 Å². The molecule has 0 radical (unpaired) electrons. The third-order valence-electron chi connectivity index (χ3n) is 3.42. The van der Waals surface area contributed by atoms with Crippen molar-refractivity contribution in [1.82, 2.24) is 10.2 Å². The summed E-state index contributed by atoms with van der Waals surface area (Å²) >= 11 is 0. The number of amides is 1. The molecule has 1 saturated heterocycles. The molecular formula is C14H16N4O2. The molecule has 1 aromatic heterocycles. The molecule has 20 heavy (non-hydrogen) atoms. The minimum Gasteiger partial charge on any atom is -0.407 e. The molecule has 1 amide bonds. The molecule has 6 nitrogen and oxygen atoms in total. The fraction of sp³-hybridized carbons (Fsp3) is 0.357. The Balaban J connectivity index is 1.72. The normalized spacial score (nSPS) is 18.8. The van der Waals surface area contributed by atoms with Crippen LogP contribution in [0.15, 0.2) is 34.7 Å². The molecule has 2 N–H and O–H groups in total. The maximum Gasteiger partial charge on any atom is 0.325 e. The lowest BCUT2D eigenvalue weighted by Gasteiger charge is -2.09. The van der Waals surface area contributed by atoms with Crippen LogP contribution in [0.25, 0.3) is 0 Å². The highest BCUT2D eigenvalue weighted by molar-refractivity contribution is 5.93. The number of anilines is 1. The molecule has 0 bridgehead atoms. The SMILES string of the molecule is NCC1CC(=O)N(c2nnc(Cc3ccccc3)o2)C1. The first-order valence-corrected chi connectivity index (χ1v) is 6.63. The van der Waals surface area contributed by atoms with Crippen molar-refractivity contribution in [3.05, 3.63) is 41.8 Å². The first kappa shape index (κ1) is 12.8. The van der Waals surface area contributed by atoms with Gasteiger partial charge in [0.1, 0.15) is 0 Å². The van der Waals surface area contributed by atoms with Crippen LogP contribution >= 0.6 is 0 Å². The van der Waals surface area contributed by atoms with Gasteiger partial charge in [-0.1, -0.05) is 35.4 Å². The Morgan fingerprint density at radius 1 is 1.30 bits per heavy atom. The maximum atomic E-state index is 11.9. The molecule has 1 fully saturated rings. The fourth-order valence-corrected chi connectivity index (χ4v) is 2.32. The highest BCUT2D eigenvalue weighted by Gasteiger charge is 2.32. The molecule has 2 heterocycles. The number of nitrogens with zero attached hydrogens (tertiary/aromatic N) is 3. The molecule has 1 aliphatic heterocycles. The lowest BCUT2D eigenvalue weighted by Crippen LogP contribution is -2.26. The van der Waals surface area contributed by atoms with Crippen molar-refractivity contribution < 1.29 is 9.21 Å². The zero-order chi connectivity index (χ0) is 13.9. The second-order valence-corrected chi connectivity index (χ2v) is 4.95. The Labute approximate surface area is 116 Å². The van der Waals surface area contributed by atoms with E-state index in [1.807, 2.05) is 30.3 Å². The van der Waals surface area contributed by atoms with Crippen LogP contribution in [0, 0.1) is 5.92 Å². The Kier molecular flexibility index (Phi) is 3.47. The predicted octanol–water partition coefficient (Wildman–Crippen LogP) is 0.972. The molecule has 3 rings (SSSR count). The Morgan fingerprint density at radius 3 is 2.80 bits per heavy atom. The second kappa shape index (κ2) is 5.42. The molecule has 1 unspecified atom stereocenters. The van der Waals surface area contributed by atoms with Gasteiger partial charge < -0.3 is 10.2 Å². The number of nitrogens with two attached hydrogens (primary N) is 1. The molecule has 0 aliphatic carbocycles. The smallest absolute Gasteiger partial charge is 0.325 e. The molecule has 1 aromatic carbocycles. The fourth-order valence-electron chi connectivity index (χ4n) is 2.32. The zero-order valence-electron chi connectivity index (χ0n) is 11.0. The summed E-state index contributed by atoms with van der Waals surface area (Å²) in [6.45, 7) is 1.05. The van der Waals surface area contributed by atoms with Gasteiger partial charge in [0.2, 0.25) is 11.8 Å². The second-order valence-electron chi connectivity index (χ2n) is 4.95. The van der Waals surface area contributed by atoms with Crippen molar-refractivity contribution in [1.29, 1.82) is 0 Å². The lowest BCUT2D eigenvalue weighted by molar-refractivity contribution is -0.117. The van der Waals surface area contributed by atoms with Crippen molar-refractivity contribution in [2.75, 3.05) is 18.0 Å². The first-order chi connectivity index (χ1) is 9.76. The number of benzene rings is 1. The van der Waals surface area contributed by atoms with Gasteiger partial charge in [-0.05, 0) is 18.0 Å². The van der Waals surface area contributed by atoms with E-state index in [0.717, 1.165) is 5.56 Å². The van der Waals surface area contributed by atoms with Crippen LogP contribution in [0.4, 0.5) is 6.01 Å². The van der Waals surface area contributed by atoms with E-state index in [1.54, 1.807) is 0 Å². The summed E-state index contributed by atoms with van der Waals surface area (Å²) in [4.78, 5) is 13.4. The van der Waals surface area contributed by atoms with E-state index in [-0.39, 0.29) is 17.8 Å². The van der Waals surface area contributed by atoms with E-state index in [4.69, 9.17) is 10.2 Å². The number of hydrogen-bond acceptors (Lipinski definition) is 5. The van der Waals surface area contributed by atoms with E-state index < -0.39 is 0 Å². The summed E-state index contributed by atoms with van der Waals surface area (Å²) in [6.07, 6.45) is 1.02. The molecule has 1 aliphatic rings. The molecule has 6 heteroatoms. The van der Waals surface area contributed by atoms with Crippen LogP contribution in [-0.4, -0.2) is 29.2 Å². The Hall–Kier alpha value is -2.21. The first-order valence-electron chi connectivity index (χ1n) is 6.63. The van der Waals surface area contributed by atoms with Gasteiger partial charge in [-0.3, -0.25) is 9.69 Å². The molecule has 104 valence electrons. The van der Waals surface area contributed by atoms with E-state index >= 15 is 0 Å². The summed E-state index contributed by atoms with van der Waals surface area (Å²) < 4.78 is 5.58. The molecule has 0 saturated carbocycles. The minimum atomic E-state index is -0.00430. The van der Waals surface area contributed by atoms with Crippen LogP contribution < -0.4 is 10.6 Å². The monoisotopic (exact) mass is 272 g/mol. The van der Waals surface area contributed by atoms with E-state index in [0.29, 0.717) is 31.8 Å². The number of rotatable bonds is 4. The van der Waals surface area contributed by atoms with Gasteiger partial charge in [0.25, 0.3) is 0 Å². The summed E-state index contributed by atoms with van der Waals surface area (Å²) in [5.41, 5.74) is 6.69. The number of carbonyl (C=O) groups is 1. The Bertz CT molecular complexity index is 596. The van der Waals surface area contributed by atoms with Gasteiger partial charge in [-0.15, -0.1) is 5.10 Å². The lowest BCUT2D eigenvalue weighted by atomic mass is 10.1. The topological polar surface area (TPSA) is 85.3 Å². The van der Waals surface area contributed by atoms with Gasteiger partial charge >= 0.3 is 6.01 Å². The van der Waals surface area contributed by atoms with Gasteiger partial charge in [-0.2, -0.15) is 0 Å². The van der Waals surface area contributed by atoms with Gasteiger partial charge in [-0.25, -0.2) is 0 Å². The standard InChI is InChI=1S/C14H16N4O2/c15-8-11-7-13(19)18(9-11)14-17-16-12(20-14)6-10-4-2-1-3-5-10/h1-5,11H,6-9,15H2. The number of hydrogen-bond donors (Lipinski definition) is 1. The van der Waals surface area contributed by atoms with Crippen molar-refractivity contribution in [3.8, 4) is 0 Å². The molecular weight excluding hydrogens is 256 g/mol. The highest BCUT2D eigenvalue weighted by atomic mass is 16.4. The highest BCUT2D eigenvalue weighted by Crippen LogP contribution is 2.23. The summed E-state index contributed by atoms with van der Waals surface area (Å²) in [5.74, 6) is 0.678. The van der Waals surface area contributed by atoms with Crippen molar-refractivity contribution in [2.24, 2.45) is 11.7 Å². The van der Waals surface area contributed by atoms with Crippen molar-refractivity contribution in [2.45, 2.75) is 12.8 Å². The summed E-state index contributed by atoms with van der Waals surface area (Å²) in [5, 5.41) is 7.96. The average molecular weight is 272 g/mol. The average Bonchev–Trinajstić information content (AvgIpc) is 3.06. The van der Waals surface area contributed by atoms with Crippen molar-refractivity contribution >= 4 is 11.9 Å². The van der Waals surface area contributed by atoms with Gasteiger partial charge in [0.15, 0.2) is 0 Å².